The zero-order valence-electron chi connectivity index (χ0n) is 17.4. The van der Waals surface area contributed by atoms with Gasteiger partial charge in [-0.1, -0.05) is 29.8 Å². The fraction of sp³-hybridized carbons (Fsp3) is 0.174. The molecular formula is C23H22N4O4. The molecule has 2 N–H and O–H groups in total. The fourth-order valence-electron chi connectivity index (χ4n) is 3.18. The number of ether oxygens (including phenoxy) is 2. The number of para-hydroxylation sites is 2. The van der Waals surface area contributed by atoms with Gasteiger partial charge >= 0.3 is 0 Å². The number of hydrogen-bond acceptors (Lipinski definition) is 5. The number of carbonyl (C=O) groups excluding carboxylic acids is 1. The highest BCUT2D eigenvalue weighted by molar-refractivity contribution is 6.08. The second-order valence-corrected chi connectivity index (χ2v) is 7.10. The number of carbonyl (C=O) groups is 1. The van der Waals surface area contributed by atoms with Crippen LogP contribution in [0, 0.1) is 6.92 Å². The molecule has 0 aliphatic carbocycles. The van der Waals surface area contributed by atoms with E-state index >= 15 is 0 Å². The summed E-state index contributed by atoms with van der Waals surface area (Å²) in [7, 11) is 1.56. The standard InChI is InChI=1S/C23H22N4O4/c1-14-8-10-16(11-9-14)25-23(29)17-13-24-27-21(28)12-18(26-22(17)27)15(2)31-20-7-5-4-6-19(20)30-3/h4-13,15,24H,1-3H3,(H,25,29). The monoisotopic (exact) mass is 418 g/mol. The lowest BCUT2D eigenvalue weighted by molar-refractivity contribution is 0.102. The average Bonchev–Trinajstić information content (AvgIpc) is 3.20. The number of rotatable bonds is 6. The Bertz CT molecular complexity index is 1290. The molecule has 1 amide bonds. The number of anilines is 1. The Morgan fingerprint density at radius 2 is 1.84 bits per heavy atom. The van der Waals surface area contributed by atoms with Crippen LogP contribution in [0.5, 0.6) is 11.5 Å². The van der Waals surface area contributed by atoms with Crippen LogP contribution in [0.3, 0.4) is 0 Å². The molecule has 4 aromatic rings. The van der Waals surface area contributed by atoms with Gasteiger partial charge in [-0.25, -0.2) is 9.50 Å². The molecule has 1 atom stereocenters. The third kappa shape index (κ3) is 4.13. The molecular weight excluding hydrogens is 396 g/mol. The number of nitrogens with one attached hydrogen (secondary N) is 2. The number of amides is 1. The normalized spacial score (nSPS) is 11.8. The number of aryl methyl sites for hydroxylation is 1. The first kappa shape index (κ1) is 20.2. The SMILES string of the molecule is COc1ccccc1OC(C)c1cc(=O)n2[nH]cc(C(=O)Nc3ccc(C)cc3)c2n1. The van der Waals surface area contributed by atoms with Crippen molar-refractivity contribution in [2.24, 2.45) is 0 Å². The average molecular weight is 418 g/mol. The number of methoxy groups -OCH3 is 1. The molecule has 2 heterocycles. The molecule has 4 rings (SSSR count). The van der Waals surface area contributed by atoms with Gasteiger partial charge in [0.15, 0.2) is 17.1 Å². The molecule has 0 saturated heterocycles. The molecule has 0 bridgehead atoms. The van der Waals surface area contributed by atoms with Crippen LogP contribution in [0.4, 0.5) is 5.69 Å². The first-order chi connectivity index (χ1) is 15.0. The van der Waals surface area contributed by atoms with E-state index in [0.717, 1.165) is 5.56 Å². The van der Waals surface area contributed by atoms with E-state index in [0.29, 0.717) is 22.9 Å². The third-order valence-corrected chi connectivity index (χ3v) is 4.86. The van der Waals surface area contributed by atoms with Crippen LogP contribution < -0.4 is 20.3 Å². The van der Waals surface area contributed by atoms with Crippen LogP contribution in [0.15, 0.2) is 65.6 Å². The highest BCUT2D eigenvalue weighted by Gasteiger charge is 2.19. The van der Waals surface area contributed by atoms with Gasteiger partial charge in [-0.2, -0.15) is 0 Å². The minimum Gasteiger partial charge on any atom is -0.493 e. The fourth-order valence-corrected chi connectivity index (χ4v) is 3.18. The van der Waals surface area contributed by atoms with Crippen molar-refractivity contribution in [3.05, 3.63) is 88.0 Å². The van der Waals surface area contributed by atoms with E-state index in [1.807, 2.05) is 43.3 Å². The number of H-pyrrole nitrogens is 1. The quantitative estimate of drug-likeness (QED) is 0.497. The van der Waals surface area contributed by atoms with E-state index in [2.05, 4.69) is 15.4 Å². The minimum absolute atomic E-state index is 0.225. The molecule has 0 radical (unpaired) electrons. The maximum Gasteiger partial charge on any atom is 0.273 e. The summed E-state index contributed by atoms with van der Waals surface area (Å²) in [6.07, 6.45) is 0.917. The molecule has 1 unspecified atom stereocenters. The van der Waals surface area contributed by atoms with Gasteiger partial charge < -0.3 is 14.8 Å². The molecule has 0 spiro atoms. The number of aromatic nitrogens is 3. The maximum absolute atomic E-state index is 12.8. The lowest BCUT2D eigenvalue weighted by Crippen LogP contribution is -2.19. The zero-order valence-corrected chi connectivity index (χ0v) is 17.4. The largest absolute Gasteiger partial charge is 0.493 e. The van der Waals surface area contributed by atoms with E-state index in [9.17, 15) is 9.59 Å². The Kier molecular flexibility index (Phi) is 5.44. The van der Waals surface area contributed by atoms with Gasteiger partial charge in [0, 0.05) is 18.0 Å². The molecule has 2 aromatic carbocycles. The van der Waals surface area contributed by atoms with Gasteiger partial charge in [-0.15, -0.1) is 0 Å². The van der Waals surface area contributed by atoms with Crippen LogP contribution in [0.25, 0.3) is 5.65 Å². The van der Waals surface area contributed by atoms with Crippen LogP contribution in [-0.2, 0) is 0 Å². The minimum atomic E-state index is -0.545. The van der Waals surface area contributed by atoms with Gasteiger partial charge in [0.1, 0.15) is 11.7 Å². The molecule has 0 fully saturated rings. The molecule has 31 heavy (non-hydrogen) atoms. The third-order valence-electron chi connectivity index (χ3n) is 4.86. The van der Waals surface area contributed by atoms with E-state index in [1.165, 1.54) is 16.8 Å². The molecule has 0 aliphatic heterocycles. The van der Waals surface area contributed by atoms with Gasteiger partial charge in [0.2, 0.25) is 0 Å². The number of benzene rings is 2. The van der Waals surface area contributed by atoms with Crippen molar-refractivity contribution in [3.63, 3.8) is 0 Å². The van der Waals surface area contributed by atoms with Gasteiger partial charge in [0.05, 0.1) is 12.8 Å². The van der Waals surface area contributed by atoms with Crippen molar-refractivity contribution in [2.45, 2.75) is 20.0 Å². The number of fused-ring (bicyclic) bond motifs is 1. The van der Waals surface area contributed by atoms with Crippen molar-refractivity contribution in [2.75, 3.05) is 12.4 Å². The summed E-state index contributed by atoms with van der Waals surface area (Å²) in [5.41, 5.74) is 2.28. The zero-order chi connectivity index (χ0) is 22.0. The lowest BCUT2D eigenvalue weighted by Gasteiger charge is -2.16. The summed E-state index contributed by atoms with van der Waals surface area (Å²) in [6, 6.07) is 16.1. The molecule has 8 nitrogen and oxygen atoms in total. The van der Waals surface area contributed by atoms with Gasteiger partial charge in [-0.3, -0.25) is 14.7 Å². The molecule has 158 valence electrons. The van der Waals surface area contributed by atoms with Crippen molar-refractivity contribution in [1.29, 1.82) is 0 Å². The Labute approximate surface area is 178 Å². The summed E-state index contributed by atoms with van der Waals surface area (Å²) >= 11 is 0. The number of hydrogen-bond donors (Lipinski definition) is 2. The van der Waals surface area contributed by atoms with E-state index < -0.39 is 6.10 Å². The molecule has 0 saturated carbocycles. The topological polar surface area (TPSA) is 97.7 Å². The summed E-state index contributed by atoms with van der Waals surface area (Å²) in [6.45, 7) is 3.75. The maximum atomic E-state index is 12.8. The van der Waals surface area contributed by atoms with Gasteiger partial charge in [-0.05, 0) is 38.1 Å². The van der Waals surface area contributed by atoms with Crippen LogP contribution in [0.1, 0.15) is 34.6 Å². The van der Waals surface area contributed by atoms with E-state index in [-0.39, 0.29) is 22.7 Å². The van der Waals surface area contributed by atoms with E-state index in [1.54, 1.807) is 26.2 Å². The predicted molar refractivity (Wildman–Crippen MR) is 117 cm³/mol. The molecule has 0 aliphatic rings. The first-order valence-electron chi connectivity index (χ1n) is 9.75. The van der Waals surface area contributed by atoms with Gasteiger partial charge in [0.25, 0.3) is 11.5 Å². The smallest absolute Gasteiger partial charge is 0.273 e. The Morgan fingerprint density at radius 3 is 2.55 bits per heavy atom. The number of nitrogens with zero attached hydrogens (tertiary/aromatic N) is 2. The van der Waals surface area contributed by atoms with Crippen LogP contribution >= 0.6 is 0 Å². The predicted octanol–water partition coefficient (Wildman–Crippen LogP) is 3.73. The highest BCUT2D eigenvalue weighted by Crippen LogP contribution is 2.30. The Morgan fingerprint density at radius 1 is 1.13 bits per heavy atom. The summed E-state index contributed by atoms with van der Waals surface area (Å²) in [5, 5.41) is 5.61. The van der Waals surface area contributed by atoms with Crippen LogP contribution in [-0.4, -0.2) is 27.6 Å². The highest BCUT2D eigenvalue weighted by atomic mass is 16.5. The van der Waals surface area contributed by atoms with Crippen molar-refractivity contribution in [1.82, 2.24) is 14.6 Å². The lowest BCUT2D eigenvalue weighted by atomic mass is 10.2. The Hall–Kier alpha value is -4.07. The van der Waals surface area contributed by atoms with Crippen molar-refractivity contribution in [3.8, 4) is 11.5 Å². The van der Waals surface area contributed by atoms with Crippen molar-refractivity contribution < 1.29 is 14.3 Å². The summed E-state index contributed by atoms with van der Waals surface area (Å²) < 4.78 is 12.5. The van der Waals surface area contributed by atoms with E-state index in [4.69, 9.17) is 9.47 Å². The first-order valence-corrected chi connectivity index (χ1v) is 9.75. The summed E-state index contributed by atoms with van der Waals surface area (Å²) in [5.74, 6) is 0.739. The molecule has 8 heteroatoms. The second kappa shape index (κ2) is 8.35. The number of aromatic amines is 1. The summed E-state index contributed by atoms with van der Waals surface area (Å²) in [4.78, 5) is 29.9. The molecule has 2 aromatic heterocycles. The second-order valence-electron chi connectivity index (χ2n) is 7.10. The van der Waals surface area contributed by atoms with Crippen LogP contribution in [0.2, 0.25) is 0 Å². The van der Waals surface area contributed by atoms with Crippen molar-refractivity contribution >= 4 is 17.2 Å². The Balaban J connectivity index is 1.65.